The molecule has 4 heteroatoms. The predicted octanol–water partition coefficient (Wildman–Crippen LogP) is 3.24. The van der Waals surface area contributed by atoms with Crippen molar-refractivity contribution in [1.29, 1.82) is 0 Å². The number of hydrogen-bond donors (Lipinski definition) is 2. The van der Waals surface area contributed by atoms with Gasteiger partial charge in [0, 0.05) is 11.4 Å². The number of para-hydroxylation sites is 1. The molecule has 0 atom stereocenters. The van der Waals surface area contributed by atoms with Crippen LogP contribution < -0.4 is 15.8 Å². The largest absolute Gasteiger partial charge is 0.491 e. The van der Waals surface area contributed by atoms with Crippen molar-refractivity contribution in [3.8, 4) is 5.75 Å². The van der Waals surface area contributed by atoms with Gasteiger partial charge in [0.25, 0.3) is 0 Å². The van der Waals surface area contributed by atoms with Gasteiger partial charge < -0.3 is 15.8 Å². The number of nitrogens with two attached hydrogens (primary N) is 1. The maximum atomic E-state index is 12.0. The Balaban J connectivity index is 1.95. The smallest absolute Gasteiger partial charge is 0.228 e. The van der Waals surface area contributed by atoms with E-state index >= 15 is 0 Å². The normalized spacial score (nSPS) is 10.4. The molecule has 2 rings (SSSR count). The third kappa shape index (κ3) is 4.53. The lowest BCUT2D eigenvalue weighted by Gasteiger charge is -2.11. The van der Waals surface area contributed by atoms with Crippen LogP contribution in [0.2, 0.25) is 0 Å². The molecule has 0 fully saturated rings. The summed E-state index contributed by atoms with van der Waals surface area (Å²) in [6.45, 7) is 3.94. The van der Waals surface area contributed by atoms with Crippen LogP contribution in [-0.2, 0) is 11.2 Å². The van der Waals surface area contributed by atoms with Crippen molar-refractivity contribution in [2.75, 3.05) is 11.1 Å². The zero-order valence-electron chi connectivity index (χ0n) is 12.3. The summed E-state index contributed by atoms with van der Waals surface area (Å²) in [5.41, 5.74) is 8.03. The monoisotopic (exact) mass is 284 g/mol. The molecule has 110 valence electrons. The van der Waals surface area contributed by atoms with Crippen molar-refractivity contribution >= 4 is 17.3 Å². The highest BCUT2D eigenvalue weighted by atomic mass is 16.5. The average molecular weight is 284 g/mol. The maximum Gasteiger partial charge on any atom is 0.228 e. The van der Waals surface area contributed by atoms with E-state index < -0.39 is 0 Å². The lowest BCUT2D eigenvalue weighted by molar-refractivity contribution is -0.115. The molecule has 0 bridgehead atoms. The van der Waals surface area contributed by atoms with E-state index in [1.54, 1.807) is 6.07 Å². The first-order valence-corrected chi connectivity index (χ1v) is 6.94. The van der Waals surface area contributed by atoms with Crippen molar-refractivity contribution in [2.45, 2.75) is 26.4 Å². The Hall–Kier alpha value is -2.49. The highest BCUT2D eigenvalue weighted by Crippen LogP contribution is 2.18. The highest BCUT2D eigenvalue weighted by molar-refractivity contribution is 5.93. The van der Waals surface area contributed by atoms with Crippen LogP contribution in [-0.4, -0.2) is 12.0 Å². The number of nitrogen functional groups attached to an aromatic ring is 1. The number of hydrogen-bond acceptors (Lipinski definition) is 3. The molecule has 1 amide bonds. The van der Waals surface area contributed by atoms with Gasteiger partial charge in [-0.05, 0) is 49.7 Å². The number of amides is 1. The van der Waals surface area contributed by atoms with Crippen LogP contribution in [0.1, 0.15) is 19.4 Å². The molecule has 0 heterocycles. The summed E-state index contributed by atoms with van der Waals surface area (Å²) in [6.07, 6.45) is 0.392. The number of nitrogens with one attached hydrogen (secondary N) is 1. The highest BCUT2D eigenvalue weighted by Gasteiger charge is 2.07. The fourth-order valence-corrected chi connectivity index (χ4v) is 1.96. The van der Waals surface area contributed by atoms with Crippen LogP contribution in [0.4, 0.5) is 11.4 Å². The minimum absolute atomic E-state index is 0.0922. The van der Waals surface area contributed by atoms with Gasteiger partial charge in [0.15, 0.2) is 0 Å². The summed E-state index contributed by atoms with van der Waals surface area (Å²) in [6, 6.07) is 14.7. The fraction of sp³-hybridized carbons (Fsp3) is 0.235. The summed E-state index contributed by atoms with van der Waals surface area (Å²) >= 11 is 0. The van der Waals surface area contributed by atoms with Crippen LogP contribution in [0.15, 0.2) is 48.5 Å². The first kappa shape index (κ1) is 14.9. The van der Waals surface area contributed by atoms with Crippen molar-refractivity contribution in [3.63, 3.8) is 0 Å². The number of anilines is 2. The molecule has 0 saturated carbocycles. The van der Waals surface area contributed by atoms with Gasteiger partial charge in [-0.2, -0.15) is 0 Å². The minimum Gasteiger partial charge on any atom is -0.491 e. The standard InChI is InChI=1S/C17H20N2O2/c1-12(2)21-15-9-7-14(8-10-15)19-17(20)11-13-5-3-4-6-16(13)18/h3-10,12H,11,18H2,1-2H3,(H,19,20). The zero-order valence-corrected chi connectivity index (χ0v) is 12.3. The Morgan fingerprint density at radius 1 is 1.14 bits per heavy atom. The van der Waals surface area contributed by atoms with Gasteiger partial charge in [0.2, 0.25) is 5.91 Å². The lowest BCUT2D eigenvalue weighted by atomic mass is 10.1. The number of carbonyl (C=O) groups is 1. The van der Waals surface area contributed by atoms with Crippen LogP contribution in [0, 0.1) is 0 Å². The van der Waals surface area contributed by atoms with Gasteiger partial charge in [-0.3, -0.25) is 4.79 Å². The van der Waals surface area contributed by atoms with Crippen LogP contribution in [0.5, 0.6) is 5.75 Å². The predicted molar refractivity (Wildman–Crippen MR) is 85.4 cm³/mol. The molecule has 2 aromatic carbocycles. The van der Waals surface area contributed by atoms with E-state index in [1.807, 2.05) is 56.3 Å². The van der Waals surface area contributed by atoms with Gasteiger partial charge in [-0.15, -0.1) is 0 Å². The molecule has 21 heavy (non-hydrogen) atoms. The molecule has 0 saturated heterocycles. The van der Waals surface area contributed by atoms with Gasteiger partial charge in [0.05, 0.1) is 12.5 Å². The molecule has 0 aliphatic heterocycles. The van der Waals surface area contributed by atoms with E-state index in [1.165, 1.54) is 0 Å². The molecule has 0 aliphatic carbocycles. The summed E-state index contributed by atoms with van der Waals surface area (Å²) in [5, 5.41) is 2.85. The second kappa shape index (κ2) is 6.79. The molecular weight excluding hydrogens is 264 g/mol. The second-order valence-electron chi connectivity index (χ2n) is 5.11. The van der Waals surface area contributed by atoms with Gasteiger partial charge in [-0.25, -0.2) is 0 Å². The zero-order chi connectivity index (χ0) is 15.2. The fourth-order valence-electron chi connectivity index (χ4n) is 1.96. The summed E-state index contributed by atoms with van der Waals surface area (Å²) in [5.74, 6) is 0.695. The molecule has 4 nitrogen and oxygen atoms in total. The van der Waals surface area contributed by atoms with Gasteiger partial charge >= 0.3 is 0 Å². The van der Waals surface area contributed by atoms with Crippen molar-refractivity contribution < 1.29 is 9.53 Å². The molecule has 0 spiro atoms. The number of rotatable bonds is 5. The SMILES string of the molecule is CC(C)Oc1ccc(NC(=O)Cc2ccccc2N)cc1. The van der Waals surface area contributed by atoms with Crippen LogP contribution in [0.3, 0.4) is 0 Å². The molecule has 0 aromatic heterocycles. The molecule has 0 radical (unpaired) electrons. The Labute approximate surface area is 124 Å². The van der Waals surface area contributed by atoms with E-state index in [0.29, 0.717) is 5.69 Å². The molecular formula is C17H20N2O2. The second-order valence-corrected chi connectivity index (χ2v) is 5.11. The molecule has 3 N–H and O–H groups in total. The molecule has 0 aliphatic rings. The third-order valence-electron chi connectivity index (χ3n) is 2.92. The van der Waals surface area contributed by atoms with Crippen molar-refractivity contribution in [3.05, 3.63) is 54.1 Å². The van der Waals surface area contributed by atoms with E-state index in [9.17, 15) is 4.79 Å². The lowest BCUT2D eigenvalue weighted by Crippen LogP contribution is -2.15. The Morgan fingerprint density at radius 2 is 1.81 bits per heavy atom. The number of ether oxygens (including phenoxy) is 1. The number of benzene rings is 2. The number of carbonyl (C=O) groups excluding carboxylic acids is 1. The Kier molecular flexibility index (Phi) is 4.82. The van der Waals surface area contributed by atoms with E-state index in [-0.39, 0.29) is 18.4 Å². The maximum absolute atomic E-state index is 12.0. The van der Waals surface area contributed by atoms with Gasteiger partial charge in [0.1, 0.15) is 5.75 Å². The minimum atomic E-state index is -0.0922. The van der Waals surface area contributed by atoms with Gasteiger partial charge in [-0.1, -0.05) is 18.2 Å². The van der Waals surface area contributed by atoms with E-state index in [4.69, 9.17) is 10.5 Å². The van der Waals surface area contributed by atoms with Crippen LogP contribution in [0.25, 0.3) is 0 Å². The average Bonchev–Trinajstić information content (AvgIpc) is 2.43. The van der Waals surface area contributed by atoms with Crippen molar-refractivity contribution in [2.24, 2.45) is 0 Å². The van der Waals surface area contributed by atoms with E-state index in [2.05, 4.69) is 5.32 Å². The Morgan fingerprint density at radius 3 is 2.43 bits per heavy atom. The van der Waals surface area contributed by atoms with Crippen LogP contribution >= 0.6 is 0 Å². The topological polar surface area (TPSA) is 64.3 Å². The van der Waals surface area contributed by atoms with Crippen molar-refractivity contribution in [1.82, 2.24) is 0 Å². The molecule has 2 aromatic rings. The molecule has 0 unspecified atom stereocenters. The van der Waals surface area contributed by atoms with E-state index in [0.717, 1.165) is 17.0 Å². The first-order valence-electron chi connectivity index (χ1n) is 6.94. The first-order chi connectivity index (χ1) is 10.0. The Bertz CT molecular complexity index is 606. The summed E-state index contributed by atoms with van der Waals surface area (Å²) < 4.78 is 5.56. The third-order valence-corrected chi connectivity index (χ3v) is 2.92. The summed E-state index contributed by atoms with van der Waals surface area (Å²) in [4.78, 5) is 12.0. The quantitative estimate of drug-likeness (QED) is 0.828. The summed E-state index contributed by atoms with van der Waals surface area (Å²) in [7, 11) is 0.